The number of carbonyl (C=O) groups excluding carboxylic acids is 1. The average Bonchev–Trinajstić information content (AvgIpc) is 3.14. The Morgan fingerprint density at radius 2 is 1.92 bits per heavy atom. The molecule has 0 aliphatic heterocycles. The smallest absolute Gasteiger partial charge is 0.302 e. The first-order valence-corrected chi connectivity index (χ1v) is 8.57. The third kappa shape index (κ3) is 2.73. The molecule has 0 atom stereocenters. The molecule has 0 unspecified atom stereocenters. The number of oxazole rings is 1. The van der Waals surface area contributed by atoms with Crippen molar-refractivity contribution in [1.29, 1.82) is 0 Å². The number of aryl methyl sites for hydroxylation is 1. The van der Waals surface area contributed by atoms with Crippen LogP contribution in [-0.2, 0) is 7.05 Å². The molecule has 2 aromatic carbocycles. The molecule has 0 radical (unpaired) electrons. The lowest BCUT2D eigenvalue weighted by molar-refractivity contribution is 0.101. The van der Waals surface area contributed by atoms with E-state index in [1.165, 1.54) is 5.56 Å². The van der Waals surface area contributed by atoms with Crippen molar-refractivity contribution in [1.82, 2.24) is 14.5 Å². The van der Waals surface area contributed by atoms with Crippen molar-refractivity contribution in [2.24, 2.45) is 7.05 Å². The van der Waals surface area contributed by atoms with E-state index in [9.17, 15) is 4.79 Å². The Kier molecular flexibility index (Phi) is 3.76. The number of nitrogens with one attached hydrogen (secondary N) is 1. The molecule has 0 spiro atoms. The number of aromatic nitrogens is 3. The third-order valence-electron chi connectivity index (χ3n) is 4.59. The van der Waals surface area contributed by atoms with Gasteiger partial charge in [-0.2, -0.15) is 4.98 Å². The fourth-order valence-corrected chi connectivity index (χ4v) is 2.98. The lowest BCUT2D eigenvalue weighted by Gasteiger charge is -2.02. The van der Waals surface area contributed by atoms with E-state index in [1.54, 1.807) is 13.0 Å². The fourth-order valence-electron chi connectivity index (χ4n) is 2.98. The first kappa shape index (κ1) is 16.3. The maximum atomic E-state index is 11.6. The zero-order valence-electron chi connectivity index (χ0n) is 15.2. The Morgan fingerprint density at radius 1 is 1.12 bits per heavy atom. The van der Waals surface area contributed by atoms with Crippen molar-refractivity contribution >= 4 is 39.9 Å². The molecule has 0 aliphatic rings. The highest BCUT2D eigenvalue weighted by Gasteiger charge is 2.13. The van der Waals surface area contributed by atoms with Gasteiger partial charge in [0.15, 0.2) is 11.4 Å². The van der Waals surface area contributed by atoms with E-state index in [-0.39, 0.29) is 5.78 Å². The normalized spacial score (nSPS) is 11.6. The summed E-state index contributed by atoms with van der Waals surface area (Å²) in [5.74, 6) is 1.06. The summed E-state index contributed by atoms with van der Waals surface area (Å²) in [5.41, 5.74) is 5.08. The largest absolute Gasteiger partial charge is 0.423 e. The molecule has 2 aromatic heterocycles. The summed E-state index contributed by atoms with van der Waals surface area (Å²) in [6.45, 7) is 5.84. The summed E-state index contributed by atoms with van der Waals surface area (Å²) in [4.78, 5) is 20.6. The Labute approximate surface area is 150 Å². The molecular weight excluding hydrogens is 328 g/mol. The van der Waals surface area contributed by atoms with Crippen LogP contribution in [0.25, 0.3) is 22.1 Å². The topological polar surface area (TPSA) is 73.0 Å². The van der Waals surface area contributed by atoms with Gasteiger partial charge in [-0.1, -0.05) is 19.9 Å². The van der Waals surface area contributed by atoms with Crippen LogP contribution in [0.1, 0.15) is 42.6 Å². The second-order valence-electron chi connectivity index (χ2n) is 6.78. The van der Waals surface area contributed by atoms with E-state index in [4.69, 9.17) is 4.42 Å². The van der Waals surface area contributed by atoms with E-state index in [0.717, 1.165) is 22.1 Å². The van der Waals surface area contributed by atoms with Crippen LogP contribution in [0.3, 0.4) is 0 Å². The number of benzene rings is 2. The second-order valence-corrected chi connectivity index (χ2v) is 6.78. The van der Waals surface area contributed by atoms with Crippen molar-refractivity contribution in [3.63, 3.8) is 0 Å². The Balaban J connectivity index is 1.71. The minimum Gasteiger partial charge on any atom is -0.423 e. The Hall–Kier alpha value is -3.15. The van der Waals surface area contributed by atoms with Crippen molar-refractivity contribution in [3.8, 4) is 0 Å². The van der Waals surface area contributed by atoms with Gasteiger partial charge in [-0.15, -0.1) is 0 Å². The standard InChI is InChI=1S/C20H20N4O2/c1-11(2)13-5-7-15-18(10-13)26-20(22-15)23-19-21-16-9-14(12(3)25)6-8-17(16)24(19)4/h5-11H,1-4H3,(H,21,22,23). The molecule has 6 heteroatoms. The van der Waals surface area contributed by atoms with E-state index in [1.807, 2.05) is 35.9 Å². The van der Waals surface area contributed by atoms with Gasteiger partial charge < -0.3 is 8.98 Å². The lowest BCUT2D eigenvalue weighted by Crippen LogP contribution is -1.99. The maximum Gasteiger partial charge on any atom is 0.302 e. The highest BCUT2D eigenvalue weighted by Crippen LogP contribution is 2.27. The van der Waals surface area contributed by atoms with Crippen molar-refractivity contribution in [2.75, 3.05) is 5.32 Å². The van der Waals surface area contributed by atoms with Crippen LogP contribution < -0.4 is 5.32 Å². The second kappa shape index (κ2) is 5.98. The van der Waals surface area contributed by atoms with E-state index in [0.29, 0.717) is 23.4 Å². The van der Waals surface area contributed by atoms with Gasteiger partial charge in [0.2, 0.25) is 5.95 Å². The predicted octanol–water partition coefficient (Wildman–Crippen LogP) is 4.78. The molecule has 26 heavy (non-hydrogen) atoms. The number of hydrogen-bond donors (Lipinski definition) is 1. The molecule has 4 rings (SSSR count). The van der Waals surface area contributed by atoms with Crippen molar-refractivity contribution in [2.45, 2.75) is 26.7 Å². The van der Waals surface area contributed by atoms with E-state index in [2.05, 4.69) is 35.2 Å². The molecule has 0 saturated carbocycles. The summed E-state index contributed by atoms with van der Waals surface area (Å²) in [5, 5.41) is 3.14. The minimum absolute atomic E-state index is 0.0203. The van der Waals surface area contributed by atoms with Crippen LogP contribution in [0.5, 0.6) is 0 Å². The number of nitrogens with zero attached hydrogens (tertiary/aromatic N) is 3. The summed E-state index contributed by atoms with van der Waals surface area (Å²) >= 11 is 0. The minimum atomic E-state index is 0.0203. The van der Waals surface area contributed by atoms with E-state index >= 15 is 0 Å². The summed E-state index contributed by atoms with van der Waals surface area (Å²) in [7, 11) is 1.91. The summed E-state index contributed by atoms with van der Waals surface area (Å²) < 4.78 is 7.76. The van der Waals surface area contributed by atoms with Crippen molar-refractivity contribution in [3.05, 3.63) is 47.5 Å². The molecule has 0 fully saturated rings. The molecular formula is C20H20N4O2. The molecule has 132 valence electrons. The van der Waals surface area contributed by atoms with Gasteiger partial charge in [-0.3, -0.25) is 10.1 Å². The molecule has 0 saturated heterocycles. The van der Waals surface area contributed by atoms with Gasteiger partial charge in [-0.05, 0) is 48.7 Å². The Bertz CT molecular complexity index is 1140. The highest BCUT2D eigenvalue weighted by molar-refractivity contribution is 5.97. The predicted molar refractivity (Wildman–Crippen MR) is 102 cm³/mol. The number of imidazole rings is 1. The number of rotatable bonds is 4. The zero-order valence-corrected chi connectivity index (χ0v) is 15.2. The van der Waals surface area contributed by atoms with Crippen molar-refractivity contribution < 1.29 is 9.21 Å². The van der Waals surface area contributed by atoms with Crippen LogP contribution in [0.15, 0.2) is 40.8 Å². The average molecular weight is 348 g/mol. The van der Waals surface area contributed by atoms with Crippen LogP contribution in [-0.4, -0.2) is 20.3 Å². The third-order valence-corrected chi connectivity index (χ3v) is 4.59. The summed E-state index contributed by atoms with van der Waals surface area (Å²) in [6, 6.07) is 11.9. The lowest BCUT2D eigenvalue weighted by atomic mass is 10.0. The molecule has 2 heterocycles. The van der Waals surface area contributed by atoms with Crippen LogP contribution in [0, 0.1) is 0 Å². The monoisotopic (exact) mass is 348 g/mol. The number of anilines is 2. The van der Waals surface area contributed by atoms with Crippen LogP contribution in [0.2, 0.25) is 0 Å². The zero-order chi connectivity index (χ0) is 18.4. The van der Waals surface area contributed by atoms with Gasteiger partial charge in [0.25, 0.3) is 0 Å². The van der Waals surface area contributed by atoms with Gasteiger partial charge in [0.1, 0.15) is 5.52 Å². The number of hydrogen-bond acceptors (Lipinski definition) is 5. The number of carbonyl (C=O) groups is 1. The first-order valence-electron chi connectivity index (χ1n) is 8.57. The molecule has 1 N–H and O–H groups in total. The number of fused-ring (bicyclic) bond motifs is 2. The molecule has 0 bridgehead atoms. The fraction of sp³-hybridized carbons (Fsp3) is 0.250. The quantitative estimate of drug-likeness (QED) is 0.537. The van der Waals surface area contributed by atoms with Gasteiger partial charge in [0, 0.05) is 12.6 Å². The van der Waals surface area contributed by atoms with Gasteiger partial charge >= 0.3 is 6.01 Å². The van der Waals surface area contributed by atoms with Crippen LogP contribution in [0.4, 0.5) is 12.0 Å². The molecule has 0 aliphatic carbocycles. The Morgan fingerprint density at radius 3 is 2.65 bits per heavy atom. The molecule has 6 nitrogen and oxygen atoms in total. The van der Waals surface area contributed by atoms with Gasteiger partial charge in [0.05, 0.1) is 11.0 Å². The molecule has 0 amide bonds. The highest BCUT2D eigenvalue weighted by atomic mass is 16.4. The number of Topliss-reactive ketones (excluding diaryl/α,β-unsaturated/α-hetero) is 1. The first-order chi connectivity index (χ1) is 12.4. The van der Waals surface area contributed by atoms with Crippen LogP contribution >= 0.6 is 0 Å². The summed E-state index contributed by atoms with van der Waals surface area (Å²) in [6.07, 6.45) is 0. The molecule has 4 aromatic rings. The van der Waals surface area contributed by atoms with E-state index < -0.39 is 0 Å². The maximum absolute atomic E-state index is 11.6. The number of ketones is 1. The SMILES string of the molecule is CC(=O)c1ccc2c(c1)nc(Nc1nc3ccc(C(C)C)cc3o1)n2C. The van der Waals surface area contributed by atoms with Gasteiger partial charge in [-0.25, -0.2) is 4.98 Å².